The molecule has 1 saturated carbocycles. The van der Waals surface area contributed by atoms with Crippen molar-refractivity contribution in [2.24, 2.45) is 0 Å². The summed E-state index contributed by atoms with van der Waals surface area (Å²) < 4.78 is 46.4. The van der Waals surface area contributed by atoms with E-state index in [4.69, 9.17) is 16.3 Å². The summed E-state index contributed by atoms with van der Waals surface area (Å²) in [4.78, 5) is 37.1. The highest BCUT2D eigenvalue weighted by atomic mass is 35.5. The van der Waals surface area contributed by atoms with Gasteiger partial charge in [-0.1, -0.05) is 11.6 Å². The molecule has 2 amide bonds. The van der Waals surface area contributed by atoms with Gasteiger partial charge in [-0.15, -0.1) is 0 Å². The first-order chi connectivity index (χ1) is 13.7. The molecule has 1 unspecified atom stereocenters. The Morgan fingerprint density at radius 3 is 2.48 bits per heavy atom. The Bertz CT molecular complexity index is 807. The van der Waals surface area contributed by atoms with Crippen LogP contribution in [0.5, 0.6) is 5.75 Å². The Balaban J connectivity index is 1.66. The van der Waals surface area contributed by atoms with Gasteiger partial charge in [0.05, 0.1) is 16.7 Å². The molecule has 2 fully saturated rings. The Morgan fingerprint density at radius 2 is 1.93 bits per heavy atom. The third-order valence-corrected chi connectivity index (χ3v) is 5.44. The lowest BCUT2D eigenvalue weighted by Crippen LogP contribution is -2.54. The Kier molecular flexibility index (Phi) is 6.48. The van der Waals surface area contributed by atoms with Crippen molar-refractivity contribution in [3.05, 3.63) is 28.5 Å². The average molecular weight is 433 g/mol. The highest BCUT2D eigenvalue weighted by Crippen LogP contribution is 2.36. The van der Waals surface area contributed by atoms with Crippen LogP contribution in [0.15, 0.2) is 12.1 Å². The molecule has 3 rings (SSSR count). The van der Waals surface area contributed by atoms with Crippen molar-refractivity contribution in [3.63, 3.8) is 0 Å². The predicted molar refractivity (Wildman–Crippen MR) is 97.8 cm³/mol. The van der Waals surface area contributed by atoms with Gasteiger partial charge in [-0.3, -0.25) is 19.8 Å². The normalized spacial score (nSPS) is 20.4. The molecule has 1 heterocycles. The van der Waals surface area contributed by atoms with Crippen molar-refractivity contribution < 1.29 is 32.3 Å². The number of amides is 2. The van der Waals surface area contributed by atoms with E-state index in [1.807, 2.05) is 5.32 Å². The lowest BCUT2D eigenvalue weighted by Gasteiger charge is -2.34. The quantitative estimate of drug-likeness (QED) is 0.552. The van der Waals surface area contributed by atoms with Gasteiger partial charge < -0.3 is 9.53 Å². The van der Waals surface area contributed by atoms with Gasteiger partial charge in [0.2, 0.25) is 5.92 Å². The van der Waals surface area contributed by atoms with Crippen LogP contribution in [0.1, 0.15) is 42.5 Å². The number of likely N-dealkylation sites (tertiary alicyclic amines) is 1. The molecule has 0 bridgehead atoms. The second kappa shape index (κ2) is 8.71. The maximum Gasteiger partial charge on any atom is 0.260 e. The smallest absolute Gasteiger partial charge is 0.260 e. The van der Waals surface area contributed by atoms with Crippen LogP contribution in [0.4, 0.5) is 13.2 Å². The molecule has 0 radical (unpaired) electrons. The van der Waals surface area contributed by atoms with Gasteiger partial charge in [0.1, 0.15) is 23.9 Å². The molecule has 2 aliphatic rings. The molecule has 0 aromatic heterocycles. The van der Waals surface area contributed by atoms with Crippen LogP contribution in [-0.4, -0.2) is 54.2 Å². The molecular formula is C19H20ClF3N2O4. The molecule has 1 aromatic carbocycles. The monoisotopic (exact) mass is 432 g/mol. The Morgan fingerprint density at radius 1 is 1.28 bits per heavy atom. The number of rotatable bonds is 6. The van der Waals surface area contributed by atoms with E-state index >= 15 is 0 Å². The van der Waals surface area contributed by atoms with E-state index in [1.54, 1.807) is 4.90 Å². The van der Waals surface area contributed by atoms with Crippen molar-refractivity contribution in [2.45, 2.75) is 50.2 Å². The fraction of sp³-hybridized carbons (Fsp3) is 0.526. The number of ether oxygens (including phenoxy) is 1. The molecular weight excluding hydrogens is 413 g/mol. The van der Waals surface area contributed by atoms with E-state index in [0.29, 0.717) is 19.4 Å². The molecule has 0 spiro atoms. The van der Waals surface area contributed by atoms with Crippen molar-refractivity contribution in [1.29, 1.82) is 0 Å². The van der Waals surface area contributed by atoms with Crippen LogP contribution in [0.2, 0.25) is 5.02 Å². The number of hydrogen-bond donors (Lipinski definition) is 1. The van der Waals surface area contributed by atoms with E-state index in [0.717, 1.165) is 18.6 Å². The highest BCUT2D eigenvalue weighted by molar-refractivity contribution is 6.32. The van der Waals surface area contributed by atoms with E-state index in [1.165, 1.54) is 0 Å². The minimum atomic E-state index is -2.72. The zero-order valence-corrected chi connectivity index (χ0v) is 16.2. The predicted octanol–water partition coefficient (Wildman–Crippen LogP) is 2.97. The van der Waals surface area contributed by atoms with Gasteiger partial charge >= 0.3 is 0 Å². The first-order valence-electron chi connectivity index (χ1n) is 9.28. The van der Waals surface area contributed by atoms with Crippen LogP contribution >= 0.6 is 11.6 Å². The lowest BCUT2D eigenvalue weighted by molar-refractivity contribution is -0.131. The maximum atomic E-state index is 14.4. The van der Waals surface area contributed by atoms with Crippen LogP contribution in [-0.2, 0) is 9.59 Å². The largest absolute Gasteiger partial charge is 0.489 e. The molecule has 10 heteroatoms. The van der Waals surface area contributed by atoms with Crippen molar-refractivity contribution in [3.8, 4) is 5.75 Å². The number of carbonyl (C=O) groups is 3. The lowest BCUT2D eigenvalue weighted by atomic mass is 9.94. The number of hydrogen-bond acceptors (Lipinski definition) is 5. The summed E-state index contributed by atoms with van der Waals surface area (Å²) >= 11 is 6.06. The number of carbonyl (C=O) groups excluding carboxylic acids is 3. The Labute approximate surface area is 170 Å². The van der Waals surface area contributed by atoms with E-state index in [-0.39, 0.29) is 36.5 Å². The molecule has 1 atom stereocenters. The minimum absolute atomic E-state index is 0.0615. The number of imide groups is 1. The number of benzene rings is 1. The van der Waals surface area contributed by atoms with Crippen molar-refractivity contribution >= 4 is 29.7 Å². The summed E-state index contributed by atoms with van der Waals surface area (Å²) in [6.45, 7) is 1.12. The van der Waals surface area contributed by atoms with Crippen LogP contribution in [0, 0.1) is 5.82 Å². The van der Waals surface area contributed by atoms with Gasteiger partial charge in [-0.25, -0.2) is 13.2 Å². The molecule has 1 aliphatic heterocycles. The SMILES string of the molecule is O=CC(C(=O)NC(=O)c1cc(Cl)c(OC2CCC(F)(F)CC2)cc1F)N1CCC1. The molecule has 6 nitrogen and oxygen atoms in total. The van der Waals surface area contributed by atoms with Gasteiger partial charge in [-0.05, 0) is 25.3 Å². The number of aldehydes is 1. The maximum absolute atomic E-state index is 14.4. The molecule has 1 aliphatic carbocycles. The molecule has 29 heavy (non-hydrogen) atoms. The van der Waals surface area contributed by atoms with Gasteiger partial charge in [0.15, 0.2) is 0 Å². The molecule has 1 aromatic rings. The zero-order chi connectivity index (χ0) is 21.2. The summed E-state index contributed by atoms with van der Waals surface area (Å²) in [5, 5.41) is 1.91. The number of nitrogens with zero attached hydrogens (tertiary/aromatic N) is 1. The van der Waals surface area contributed by atoms with E-state index in [2.05, 4.69) is 0 Å². The summed E-state index contributed by atoms with van der Waals surface area (Å²) in [5.74, 6) is -5.65. The highest BCUT2D eigenvalue weighted by Gasteiger charge is 2.36. The second-order valence-corrected chi connectivity index (χ2v) is 7.63. The zero-order valence-electron chi connectivity index (χ0n) is 15.4. The van der Waals surface area contributed by atoms with Crippen LogP contribution < -0.4 is 10.1 Å². The summed E-state index contributed by atoms with van der Waals surface area (Å²) in [7, 11) is 0. The third-order valence-electron chi connectivity index (χ3n) is 5.14. The number of nitrogens with one attached hydrogen (secondary N) is 1. The first-order valence-corrected chi connectivity index (χ1v) is 9.66. The van der Waals surface area contributed by atoms with Crippen molar-refractivity contribution in [2.75, 3.05) is 13.1 Å². The average Bonchev–Trinajstić information content (AvgIpc) is 2.62. The first kappa shape index (κ1) is 21.6. The standard InChI is InChI=1S/C19H20ClF3N2O4/c20-13-8-12(17(27)24-18(28)15(10-26)25-6-1-7-25)14(21)9-16(13)29-11-2-4-19(22,23)5-3-11/h8-11,15H,1-7H2,(H,24,27,28). The molecule has 1 N–H and O–H groups in total. The van der Waals surface area contributed by atoms with Gasteiger partial charge in [-0.2, -0.15) is 0 Å². The van der Waals surface area contributed by atoms with Crippen LogP contribution in [0.3, 0.4) is 0 Å². The topological polar surface area (TPSA) is 75.7 Å². The third kappa shape index (κ3) is 5.08. The summed E-state index contributed by atoms with van der Waals surface area (Å²) in [5.41, 5.74) is -0.487. The molecule has 1 saturated heterocycles. The number of alkyl halides is 2. The summed E-state index contributed by atoms with van der Waals surface area (Å²) in [6.07, 6.45) is 0.296. The minimum Gasteiger partial charge on any atom is -0.489 e. The fourth-order valence-corrected chi connectivity index (χ4v) is 3.50. The van der Waals surface area contributed by atoms with Crippen LogP contribution in [0.25, 0.3) is 0 Å². The van der Waals surface area contributed by atoms with Gasteiger partial charge in [0, 0.05) is 32.0 Å². The fourth-order valence-electron chi connectivity index (χ4n) is 3.29. The van der Waals surface area contributed by atoms with Crippen molar-refractivity contribution in [1.82, 2.24) is 10.2 Å². The Hall–Kier alpha value is -2.13. The number of halogens is 4. The molecule has 158 valence electrons. The van der Waals surface area contributed by atoms with E-state index in [9.17, 15) is 27.6 Å². The van der Waals surface area contributed by atoms with Gasteiger partial charge in [0.25, 0.3) is 11.8 Å². The second-order valence-electron chi connectivity index (χ2n) is 7.22. The summed E-state index contributed by atoms with van der Waals surface area (Å²) in [6, 6.07) is 0.783. The van der Waals surface area contributed by atoms with E-state index < -0.39 is 41.3 Å².